The van der Waals surface area contributed by atoms with Crippen LogP contribution in [0.3, 0.4) is 0 Å². The Morgan fingerprint density at radius 3 is 2.54 bits per heavy atom. The summed E-state index contributed by atoms with van der Waals surface area (Å²) >= 11 is 0. The molecule has 0 radical (unpaired) electrons. The Hall–Kier alpha value is -2.15. The van der Waals surface area contributed by atoms with Crippen molar-refractivity contribution in [2.75, 3.05) is 64.4 Å². The van der Waals surface area contributed by atoms with E-state index in [1.54, 1.807) is 7.11 Å². The minimum atomic E-state index is 0.685. The number of hydrogen-bond donors (Lipinski definition) is 1. The number of benzene rings is 1. The molecular formula is C22H33N5O. The first kappa shape index (κ1) is 20.6. The average molecular weight is 384 g/mol. The van der Waals surface area contributed by atoms with Crippen molar-refractivity contribution in [3.8, 4) is 5.75 Å². The van der Waals surface area contributed by atoms with Crippen LogP contribution < -0.4 is 15.4 Å². The van der Waals surface area contributed by atoms with Gasteiger partial charge in [0.05, 0.1) is 18.5 Å². The van der Waals surface area contributed by atoms with E-state index in [9.17, 15) is 0 Å². The third-order valence-corrected chi connectivity index (χ3v) is 5.30. The molecular weight excluding hydrogens is 350 g/mol. The van der Waals surface area contributed by atoms with Crippen molar-refractivity contribution in [1.29, 1.82) is 0 Å². The Bertz CT molecular complexity index is 688. The Balaban J connectivity index is 1.42. The number of ether oxygens (including phenoxy) is 1. The fraction of sp³-hybridized carbons (Fsp3) is 0.500. The second kappa shape index (κ2) is 11.0. The first-order valence-electron chi connectivity index (χ1n) is 10.2. The van der Waals surface area contributed by atoms with Crippen molar-refractivity contribution in [3.63, 3.8) is 0 Å². The van der Waals surface area contributed by atoms with Gasteiger partial charge in [-0.25, -0.2) is 0 Å². The summed E-state index contributed by atoms with van der Waals surface area (Å²) in [7, 11) is 1.74. The lowest BCUT2D eigenvalue weighted by atomic mass is 10.2. The number of nitrogens with zero attached hydrogens (tertiary/aromatic N) is 4. The van der Waals surface area contributed by atoms with E-state index in [0.717, 1.165) is 70.2 Å². The van der Waals surface area contributed by atoms with Crippen LogP contribution >= 0.6 is 0 Å². The van der Waals surface area contributed by atoms with Gasteiger partial charge in [-0.15, -0.1) is 0 Å². The van der Waals surface area contributed by atoms with E-state index >= 15 is 0 Å². The zero-order valence-corrected chi connectivity index (χ0v) is 17.0. The Labute approximate surface area is 168 Å². The highest BCUT2D eigenvalue weighted by Crippen LogP contribution is 2.28. The van der Waals surface area contributed by atoms with Gasteiger partial charge in [-0.05, 0) is 43.8 Å². The Morgan fingerprint density at radius 1 is 1.04 bits per heavy atom. The molecule has 6 heteroatoms. The van der Waals surface area contributed by atoms with Gasteiger partial charge in [0.25, 0.3) is 0 Å². The van der Waals surface area contributed by atoms with Gasteiger partial charge in [0, 0.05) is 52.0 Å². The zero-order valence-electron chi connectivity index (χ0n) is 17.0. The zero-order chi connectivity index (χ0) is 19.6. The van der Waals surface area contributed by atoms with Gasteiger partial charge >= 0.3 is 0 Å². The molecule has 1 saturated heterocycles. The molecule has 1 aliphatic rings. The third kappa shape index (κ3) is 5.92. The van der Waals surface area contributed by atoms with E-state index in [2.05, 4.69) is 37.9 Å². The fourth-order valence-electron chi connectivity index (χ4n) is 3.79. The van der Waals surface area contributed by atoms with Crippen LogP contribution in [0.1, 0.15) is 12.1 Å². The van der Waals surface area contributed by atoms with Gasteiger partial charge < -0.3 is 15.4 Å². The maximum absolute atomic E-state index is 5.80. The summed E-state index contributed by atoms with van der Waals surface area (Å²) in [6.45, 7) is 8.93. The van der Waals surface area contributed by atoms with Crippen LogP contribution in [0.15, 0.2) is 48.7 Å². The molecule has 0 aliphatic carbocycles. The smallest absolute Gasteiger partial charge is 0.142 e. The molecule has 1 fully saturated rings. The number of hydrogen-bond acceptors (Lipinski definition) is 6. The first-order chi connectivity index (χ1) is 13.8. The summed E-state index contributed by atoms with van der Waals surface area (Å²) in [6, 6.07) is 14.4. The molecule has 2 aromatic rings. The van der Waals surface area contributed by atoms with Crippen molar-refractivity contribution in [3.05, 3.63) is 54.4 Å². The predicted octanol–water partition coefficient (Wildman–Crippen LogP) is 2.06. The summed E-state index contributed by atoms with van der Waals surface area (Å²) in [5.74, 6) is 0.961. The van der Waals surface area contributed by atoms with Gasteiger partial charge in [-0.2, -0.15) is 0 Å². The molecule has 28 heavy (non-hydrogen) atoms. The standard InChI is InChI=1S/C22H33N5O/c1-28-22-9-3-2-8-21(22)27-17-15-25(16-18-27)12-6-13-26(14-10-23)19-20-7-4-5-11-24-20/h2-5,7-9,11H,6,10,12-19,23H2,1H3. The largest absolute Gasteiger partial charge is 0.495 e. The minimum Gasteiger partial charge on any atom is -0.495 e. The number of aromatic nitrogens is 1. The van der Waals surface area contributed by atoms with Crippen LogP contribution in [0, 0.1) is 0 Å². The molecule has 0 amide bonds. The van der Waals surface area contributed by atoms with Crippen LogP contribution in [0.5, 0.6) is 5.75 Å². The topological polar surface area (TPSA) is 57.9 Å². The highest BCUT2D eigenvalue weighted by atomic mass is 16.5. The molecule has 0 saturated carbocycles. The van der Waals surface area contributed by atoms with E-state index in [1.165, 1.54) is 5.69 Å². The maximum atomic E-state index is 5.80. The van der Waals surface area contributed by atoms with Crippen LogP contribution in [-0.4, -0.2) is 74.3 Å². The van der Waals surface area contributed by atoms with E-state index in [4.69, 9.17) is 10.5 Å². The lowest BCUT2D eigenvalue weighted by Crippen LogP contribution is -2.47. The molecule has 2 N–H and O–H groups in total. The fourth-order valence-corrected chi connectivity index (χ4v) is 3.79. The summed E-state index contributed by atoms with van der Waals surface area (Å²) in [6.07, 6.45) is 3.01. The monoisotopic (exact) mass is 383 g/mol. The number of nitrogens with two attached hydrogens (primary N) is 1. The molecule has 1 aromatic carbocycles. The minimum absolute atomic E-state index is 0.685. The van der Waals surface area contributed by atoms with Gasteiger partial charge in [0.1, 0.15) is 5.75 Å². The van der Waals surface area contributed by atoms with Crippen molar-refractivity contribution in [2.24, 2.45) is 5.73 Å². The molecule has 0 bridgehead atoms. The maximum Gasteiger partial charge on any atom is 0.142 e. The number of rotatable bonds is 10. The molecule has 152 valence electrons. The molecule has 0 spiro atoms. The quantitative estimate of drug-likeness (QED) is 0.678. The number of piperazine rings is 1. The molecule has 2 heterocycles. The van der Waals surface area contributed by atoms with Crippen molar-refractivity contribution in [2.45, 2.75) is 13.0 Å². The molecule has 3 rings (SSSR count). The highest BCUT2D eigenvalue weighted by molar-refractivity contribution is 5.58. The first-order valence-corrected chi connectivity index (χ1v) is 10.2. The summed E-state index contributed by atoms with van der Waals surface area (Å²) in [5.41, 5.74) is 8.12. The average Bonchev–Trinajstić information content (AvgIpc) is 2.75. The normalized spacial score (nSPS) is 15.2. The number of methoxy groups -OCH3 is 1. The summed E-state index contributed by atoms with van der Waals surface area (Å²) in [4.78, 5) is 11.8. The van der Waals surface area contributed by atoms with Crippen LogP contribution in [0.4, 0.5) is 5.69 Å². The number of pyridine rings is 1. The van der Waals surface area contributed by atoms with Gasteiger partial charge in [-0.3, -0.25) is 14.8 Å². The van der Waals surface area contributed by atoms with Crippen LogP contribution in [0.25, 0.3) is 0 Å². The summed E-state index contributed by atoms with van der Waals surface area (Å²) in [5, 5.41) is 0. The van der Waals surface area contributed by atoms with Crippen LogP contribution in [0.2, 0.25) is 0 Å². The number of para-hydroxylation sites is 2. The molecule has 1 aliphatic heterocycles. The Morgan fingerprint density at radius 2 is 1.82 bits per heavy atom. The van der Waals surface area contributed by atoms with Crippen molar-refractivity contribution in [1.82, 2.24) is 14.8 Å². The molecule has 0 atom stereocenters. The second-order valence-corrected chi connectivity index (χ2v) is 7.24. The lowest BCUT2D eigenvalue weighted by molar-refractivity contribution is 0.216. The number of anilines is 1. The van der Waals surface area contributed by atoms with Gasteiger partial charge in [0.15, 0.2) is 0 Å². The highest BCUT2D eigenvalue weighted by Gasteiger charge is 2.19. The third-order valence-electron chi connectivity index (χ3n) is 5.30. The summed E-state index contributed by atoms with van der Waals surface area (Å²) < 4.78 is 5.51. The second-order valence-electron chi connectivity index (χ2n) is 7.24. The van der Waals surface area contributed by atoms with E-state index in [0.29, 0.717) is 6.54 Å². The van der Waals surface area contributed by atoms with Crippen LogP contribution in [-0.2, 0) is 6.54 Å². The van der Waals surface area contributed by atoms with E-state index in [1.807, 2.05) is 30.5 Å². The van der Waals surface area contributed by atoms with Crippen molar-refractivity contribution >= 4 is 5.69 Å². The Kier molecular flexibility index (Phi) is 8.08. The van der Waals surface area contributed by atoms with Crippen molar-refractivity contribution < 1.29 is 4.74 Å². The molecule has 1 aromatic heterocycles. The SMILES string of the molecule is COc1ccccc1N1CCN(CCCN(CCN)Cc2ccccn2)CC1. The van der Waals surface area contributed by atoms with E-state index < -0.39 is 0 Å². The molecule has 0 unspecified atom stereocenters. The molecule has 6 nitrogen and oxygen atoms in total. The predicted molar refractivity (Wildman–Crippen MR) is 115 cm³/mol. The van der Waals surface area contributed by atoms with E-state index in [-0.39, 0.29) is 0 Å². The lowest BCUT2D eigenvalue weighted by Gasteiger charge is -2.37. The van der Waals surface area contributed by atoms with Gasteiger partial charge in [-0.1, -0.05) is 18.2 Å². The van der Waals surface area contributed by atoms with Gasteiger partial charge in [0.2, 0.25) is 0 Å².